The molecule has 0 aliphatic carbocycles. The first-order valence-corrected chi connectivity index (χ1v) is 8.17. The first-order chi connectivity index (χ1) is 9.47. The number of rotatable bonds is 4. The molecule has 20 heavy (non-hydrogen) atoms. The van der Waals surface area contributed by atoms with Crippen LogP contribution in [0.15, 0.2) is 22.7 Å². The van der Waals surface area contributed by atoms with Crippen molar-refractivity contribution in [2.75, 3.05) is 13.1 Å². The van der Waals surface area contributed by atoms with E-state index in [1.165, 1.54) is 12.5 Å². The summed E-state index contributed by atoms with van der Waals surface area (Å²) in [6, 6.07) is 6.30. The molecule has 0 aromatic heterocycles. The highest BCUT2D eigenvalue weighted by molar-refractivity contribution is 9.10. The lowest BCUT2D eigenvalue weighted by molar-refractivity contribution is 0.124. The Labute approximate surface area is 129 Å². The van der Waals surface area contributed by atoms with Gasteiger partial charge in [0.25, 0.3) is 0 Å². The van der Waals surface area contributed by atoms with Gasteiger partial charge < -0.3 is 5.32 Å². The standard InChI is InChI=1S/C16H24BrFN2/c1-11(2)7-14-10-20(12(3)8-19-14)9-13-5-4-6-15(18)16(13)17/h4-6,11-12,14,19H,7-10H2,1-3H3. The highest BCUT2D eigenvalue weighted by Crippen LogP contribution is 2.24. The summed E-state index contributed by atoms with van der Waals surface area (Å²) in [5, 5.41) is 3.61. The van der Waals surface area contributed by atoms with Crippen LogP contribution in [-0.2, 0) is 6.54 Å². The van der Waals surface area contributed by atoms with E-state index < -0.39 is 0 Å². The molecule has 2 atom stereocenters. The van der Waals surface area contributed by atoms with Crippen molar-refractivity contribution in [3.63, 3.8) is 0 Å². The molecule has 1 aromatic rings. The van der Waals surface area contributed by atoms with E-state index in [1.54, 1.807) is 6.07 Å². The molecule has 0 amide bonds. The van der Waals surface area contributed by atoms with E-state index >= 15 is 0 Å². The maximum Gasteiger partial charge on any atom is 0.137 e. The number of halogens is 2. The van der Waals surface area contributed by atoms with Gasteiger partial charge in [0.05, 0.1) is 4.47 Å². The third-order valence-electron chi connectivity index (χ3n) is 3.94. The zero-order valence-corrected chi connectivity index (χ0v) is 14.1. The number of nitrogens with zero attached hydrogens (tertiary/aromatic N) is 1. The van der Waals surface area contributed by atoms with E-state index in [0.29, 0.717) is 22.5 Å². The topological polar surface area (TPSA) is 15.3 Å². The maximum atomic E-state index is 13.6. The van der Waals surface area contributed by atoms with Gasteiger partial charge in [-0.2, -0.15) is 0 Å². The highest BCUT2D eigenvalue weighted by Gasteiger charge is 2.25. The van der Waals surface area contributed by atoms with E-state index in [9.17, 15) is 4.39 Å². The predicted molar refractivity (Wildman–Crippen MR) is 85.2 cm³/mol. The summed E-state index contributed by atoms with van der Waals surface area (Å²) < 4.78 is 14.2. The summed E-state index contributed by atoms with van der Waals surface area (Å²) in [6.45, 7) is 9.58. The second-order valence-corrected chi connectivity index (χ2v) is 7.02. The molecule has 2 nitrogen and oxygen atoms in total. The molecular weight excluding hydrogens is 319 g/mol. The maximum absolute atomic E-state index is 13.6. The van der Waals surface area contributed by atoms with Crippen molar-refractivity contribution in [2.24, 2.45) is 5.92 Å². The van der Waals surface area contributed by atoms with Gasteiger partial charge in [0, 0.05) is 31.7 Å². The summed E-state index contributed by atoms with van der Waals surface area (Å²) in [4.78, 5) is 2.45. The van der Waals surface area contributed by atoms with Gasteiger partial charge in [0.15, 0.2) is 0 Å². The molecular formula is C16H24BrFN2. The van der Waals surface area contributed by atoms with Crippen LogP contribution < -0.4 is 5.32 Å². The fourth-order valence-electron chi connectivity index (χ4n) is 2.83. The Morgan fingerprint density at radius 3 is 2.90 bits per heavy atom. The van der Waals surface area contributed by atoms with Gasteiger partial charge in [-0.05, 0) is 46.8 Å². The van der Waals surface area contributed by atoms with Gasteiger partial charge in [-0.15, -0.1) is 0 Å². The van der Waals surface area contributed by atoms with Crippen molar-refractivity contribution in [2.45, 2.75) is 45.8 Å². The molecule has 1 aliphatic rings. The van der Waals surface area contributed by atoms with Gasteiger partial charge in [-0.25, -0.2) is 4.39 Å². The minimum atomic E-state index is -0.177. The van der Waals surface area contributed by atoms with E-state index in [2.05, 4.69) is 46.9 Å². The first-order valence-electron chi connectivity index (χ1n) is 7.37. The Balaban J connectivity index is 2.04. The molecule has 0 bridgehead atoms. The van der Waals surface area contributed by atoms with Crippen molar-refractivity contribution >= 4 is 15.9 Å². The first kappa shape index (κ1) is 15.9. The van der Waals surface area contributed by atoms with Gasteiger partial charge in [0.2, 0.25) is 0 Å². The third-order valence-corrected chi connectivity index (χ3v) is 4.83. The molecule has 1 saturated heterocycles. The quantitative estimate of drug-likeness (QED) is 0.895. The highest BCUT2D eigenvalue weighted by atomic mass is 79.9. The van der Waals surface area contributed by atoms with Crippen LogP contribution in [0.3, 0.4) is 0 Å². The number of nitrogens with one attached hydrogen (secondary N) is 1. The Kier molecular flexibility index (Phi) is 5.58. The van der Waals surface area contributed by atoms with Crippen LogP contribution >= 0.6 is 15.9 Å². The van der Waals surface area contributed by atoms with Gasteiger partial charge in [-0.3, -0.25) is 4.90 Å². The van der Waals surface area contributed by atoms with Gasteiger partial charge in [-0.1, -0.05) is 26.0 Å². The monoisotopic (exact) mass is 342 g/mol. The second-order valence-electron chi connectivity index (χ2n) is 6.23. The molecule has 4 heteroatoms. The molecule has 0 saturated carbocycles. The summed E-state index contributed by atoms with van der Waals surface area (Å²) in [5.74, 6) is 0.521. The second kappa shape index (κ2) is 7.01. The van der Waals surface area contributed by atoms with E-state index in [0.717, 1.165) is 25.2 Å². The van der Waals surface area contributed by atoms with Crippen LogP contribution in [0.25, 0.3) is 0 Å². The van der Waals surface area contributed by atoms with Crippen molar-refractivity contribution < 1.29 is 4.39 Å². The Morgan fingerprint density at radius 1 is 1.45 bits per heavy atom. The van der Waals surface area contributed by atoms with Crippen LogP contribution in [0.2, 0.25) is 0 Å². The lowest BCUT2D eigenvalue weighted by Crippen LogP contribution is -2.55. The minimum absolute atomic E-state index is 0.177. The van der Waals surface area contributed by atoms with Crippen LogP contribution in [0.4, 0.5) is 4.39 Å². The fraction of sp³-hybridized carbons (Fsp3) is 0.625. The van der Waals surface area contributed by atoms with Crippen LogP contribution in [0.5, 0.6) is 0 Å². The van der Waals surface area contributed by atoms with Gasteiger partial charge >= 0.3 is 0 Å². The average molecular weight is 343 g/mol. The van der Waals surface area contributed by atoms with E-state index in [-0.39, 0.29) is 5.82 Å². The zero-order valence-electron chi connectivity index (χ0n) is 12.5. The molecule has 1 heterocycles. The zero-order chi connectivity index (χ0) is 14.7. The summed E-state index contributed by atoms with van der Waals surface area (Å²) in [5.41, 5.74) is 1.03. The lowest BCUT2D eigenvalue weighted by atomic mass is 9.99. The third kappa shape index (κ3) is 4.03. The number of hydrogen-bond donors (Lipinski definition) is 1. The molecule has 112 valence electrons. The van der Waals surface area contributed by atoms with E-state index in [1.807, 2.05) is 6.07 Å². The van der Waals surface area contributed by atoms with Crippen molar-refractivity contribution in [3.05, 3.63) is 34.1 Å². The lowest BCUT2D eigenvalue weighted by Gasteiger charge is -2.39. The number of piperazine rings is 1. The fourth-order valence-corrected chi connectivity index (χ4v) is 3.22. The number of benzene rings is 1. The average Bonchev–Trinajstić information content (AvgIpc) is 2.38. The SMILES string of the molecule is CC(C)CC1CN(Cc2cccc(F)c2Br)C(C)CN1. The largest absolute Gasteiger partial charge is 0.311 e. The molecule has 1 aromatic carbocycles. The Hall–Kier alpha value is -0.450. The van der Waals surface area contributed by atoms with Crippen molar-refractivity contribution in [3.8, 4) is 0 Å². The van der Waals surface area contributed by atoms with Crippen LogP contribution in [0.1, 0.15) is 32.8 Å². The summed E-state index contributed by atoms with van der Waals surface area (Å²) >= 11 is 3.37. The normalized spacial score (nSPS) is 24.3. The molecule has 1 fully saturated rings. The Bertz CT molecular complexity index is 450. The molecule has 0 radical (unpaired) electrons. The summed E-state index contributed by atoms with van der Waals surface area (Å²) in [6.07, 6.45) is 1.19. The smallest absolute Gasteiger partial charge is 0.137 e. The molecule has 2 rings (SSSR count). The molecule has 1 N–H and O–H groups in total. The van der Waals surface area contributed by atoms with Crippen LogP contribution in [0, 0.1) is 11.7 Å². The predicted octanol–water partition coefficient (Wildman–Crippen LogP) is 3.80. The van der Waals surface area contributed by atoms with Crippen molar-refractivity contribution in [1.82, 2.24) is 10.2 Å². The van der Waals surface area contributed by atoms with Crippen molar-refractivity contribution in [1.29, 1.82) is 0 Å². The molecule has 2 unspecified atom stereocenters. The molecule has 1 aliphatic heterocycles. The minimum Gasteiger partial charge on any atom is -0.311 e. The summed E-state index contributed by atoms with van der Waals surface area (Å²) in [7, 11) is 0. The van der Waals surface area contributed by atoms with Gasteiger partial charge in [0.1, 0.15) is 5.82 Å². The molecule has 0 spiro atoms. The van der Waals surface area contributed by atoms with E-state index in [4.69, 9.17) is 0 Å². The Morgan fingerprint density at radius 2 is 2.20 bits per heavy atom. The van der Waals surface area contributed by atoms with Crippen LogP contribution in [-0.4, -0.2) is 30.1 Å². The number of hydrogen-bond acceptors (Lipinski definition) is 2.